The Labute approximate surface area is 103 Å². The molecule has 0 aromatic rings. The number of aliphatic hydroxyl groups excluding tert-OH is 1. The van der Waals surface area contributed by atoms with Crippen LogP contribution in [0, 0.1) is 5.92 Å². The maximum Gasteiger partial charge on any atom is 0.239 e. The van der Waals surface area contributed by atoms with Crippen molar-refractivity contribution >= 4 is 5.91 Å². The minimum atomic E-state index is -0.125. The van der Waals surface area contributed by atoms with E-state index in [9.17, 15) is 9.90 Å². The van der Waals surface area contributed by atoms with E-state index in [0.717, 1.165) is 38.8 Å². The van der Waals surface area contributed by atoms with Gasteiger partial charge >= 0.3 is 0 Å². The number of carbonyl (C=O) groups is 1. The summed E-state index contributed by atoms with van der Waals surface area (Å²) in [5.74, 6) is 0.734. The monoisotopic (exact) mass is 240 g/mol. The molecule has 1 aliphatic carbocycles. The Morgan fingerprint density at radius 3 is 2.82 bits per heavy atom. The Hall–Kier alpha value is -0.610. The predicted molar refractivity (Wildman–Crippen MR) is 66.6 cm³/mol. The minimum absolute atomic E-state index is 0.0208. The lowest BCUT2D eigenvalue weighted by atomic mass is 9.82. The second kappa shape index (κ2) is 5.83. The zero-order chi connectivity index (χ0) is 12.3. The Kier molecular flexibility index (Phi) is 4.40. The Balaban J connectivity index is 1.77. The molecule has 17 heavy (non-hydrogen) atoms. The van der Waals surface area contributed by atoms with Crippen LogP contribution in [0.1, 0.15) is 38.5 Å². The van der Waals surface area contributed by atoms with Crippen LogP contribution in [0.2, 0.25) is 0 Å². The zero-order valence-corrected chi connectivity index (χ0v) is 10.7. The summed E-state index contributed by atoms with van der Waals surface area (Å²) in [6.07, 6.45) is 6.12. The second-order valence-electron chi connectivity index (χ2n) is 5.57. The van der Waals surface area contributed by atoms with Gasteiger partial charge in [0, 0.05) is 13.6 Å². The number of aliphatic hydroxyl groups is 1. The second-order valence-corrected chi connectivity index (χ2v) is 5.57. The summed E-state index contributed by atoms with van der Waals surface area (Å²) in [7, 11) is 1.89. The highest BCUT2D eigenvalue weighted by Gasteiger charge is 2.30. The van der Waals surface area contributed by atoms with Crippen LogP contribution in [0.15, 0.2) is 0 Å². The van der Waals surface area contributed by atoms with E-state index < -0.39 is 0 Å². The highest BCUT2D eigenvalue weighted by Crippen LogP contribution is 2.27. The molecule has 0 radical (unpaired) electrons. The first-order valence-corrected chi connectivity index (χ1v) is 6.83. The van der Waals surface area contributed by atoms with Gasteiger partial charge in [0.2, 0.25) is 5.91 Å². The van der Waals surface area contributed by atoms with Gasteiger partial charge in [-0.2, -0.15) is 0 Å². The van der Waals surface area contributed by atoms with Crippen molar-refractivity contribution in [3.05, 3.63) is 0 Å². The maximum absolute atomic E-state index is 12.2. The summed E-state index contributed by atoms with van der Waals surface area (Å²) in [5, 5.41) is 12.6. The van der Waals surface area contributed by atoms with Gasteiger partial charge in [-0.05, 0) is 38.1 Å². The average molecular weight is 240 g/mol. The van der Waals surface area contributed by atoms with E-state index in [4.69, 9.17) is 0 Å². The molecule has 1 amide bonds. The average Bonchev–Trinajstić information content (AvgIpc) is 2.54. The number of carbonyl (C=O) groups excluding carboxylic acids is 1. The van der Waals surface area contributed by atoms with E-state index in [2.05, 4.69) is 5.32 Å². The number of hydrogen-bond donors (Lipinski definition) is 2. The number of rotatable bonds is 3. The fraction of sp³-hybridized carbons (Fsp3) is 0.923. The molecule has 1 atom stereocenters. The van der Waals surface area contributed by atoms with E-state index >= 15 is 0 Å². The van der Waals surface area contributed by atoms with Crippen LogP contribution >= 0.6 is 0 Å². The van der Waals surface area contributed by atoms with Crippen LogP contribution in [0.3, 0.4) is 0 Å². The molecule has 1 saturated carbocycles. The van der Waals surface area contributed by atoms with Crippen LogP contribution in [-0.4, -0.2) is 48.2 Å². The van der Waals surface area contributed by atoms with Crippen molar-refractivity contribution in [2.45, 2.75) is 50.7 Å². The molecule has 2 fully saturated rings. The fourth-order valence-electron chi connectivity index (χ4n) is 2.83. The molecule has 0 spiro atoms. The van der Waals surface area contributed by atoms with E-state index in [1.54, 1.807) is 0 Å². The summed E-state index contributed by atoms with van der Waals surface area (Å²) in [6, 6.07) is 0.0208. The molecule has 1 saturated heterocycles. The number of amides is 1. The number of nitrogens with one attached hydrogen (secondary N) is 1. The highest BCUT2D eigenvalue weighted by atomic mass is 16.3. The quantitative estimate of drug-likeness (QED) is 0.765. The Bertz CT molecular complexity index is 256. The molecule has 1 heterocycles. The molecule has 2 N–H and O–H groups in total. The van der Waals surface area contributed by atoms with Crippen LogP contribution in [-0.2, 0) is 4.79 Å². The summed E-state index contributed by atoms with van der Waals surface area (Å²) in [4.78, 5) is 14.1. The standard InChI is InChI=1S/C13H24N2O2/c1-15(9-10-7-11(16)8-10)13(17)12-5-3-2-4-6-14-12/h10-12,14,16H,2-9H2,1H3. The topological polar surface area (TPSA) is 52.6 Å². The first-order valence-electron chi connectivity index (χ1n) is 6.83. The van der Waals surface area contributed by atoms with Crippen LogP contribution < -0.4 is 5.32 Å². The molecule has 0 aromatic heterocycles. The number of hydrogen-bond acceptors (Lipinski definition) is 3. The smallest absolute Gasteiger partial charge is 0.239 e. The minimum Gasteiger partial charge on any atom is -0.393 e. The zero-order valence-electron chi connectivity index (χ0n) is 10.7. The normalized spacial score (nSPS) is 33.6. The van der Waals surface area contributed by atoms with Gasteiger partial charge in [-0.3, -0.25) is 4.79 Å². The fourth-order valence-corrected chi connectivity index (χ4v) is 2.83. The van der Waals surface area contributed by atoms with Gasteiger partial charge in [0.05, 0.1) is 12.1 Å². The van der Waals surface area contributed by atoms with Gasteiger partial charge in [0.15, 0.2) is 0 Å². The first kappa shape index (κ1) is 12.8. The lowest BCUT2D eigenvalue weighted by Crippen LogP contribution is -2.47. The summed E-state index contributed by atoms with van der Waals surface area (Å²) >= 11 is 0. The van der Waals surface area contributed by atoms with Gasteiger partial charge in [0.1, 0.15) is 0 Å². The SMILES string of the molecule is CN(CC1CC(O)C1)C(=O)C1CCCCCN1. The van der Waals surface area contributed by atoms with Gasteiger partial charge in [0.25, 0.3) is 0 Å². The van der Waals surface area contributed by atoms with E-state index in [0.29, 0.717) is 5.92 Å². The van der Waals surface area contributed by atoms with Crippen LogP contribution in [0.5, 0.6) is 0 Å². The van der Waals surface area contributed by atoms with E-state index in [-0.39, 0.29) is 18.1 Å². The van der Waals surface area contributed by atoms with Crippen molar-refractivity contribution in [3.63, 3.8) is 0 Å². The molecule has 0 aromatic carbocycles. The molecule has 1 aliphatic heterocycles. The molecule has 98 valence electrons. The summed E-state index contributed by atoms with van der Waals surface area (Å²) in [6.45, 7) is 1.76. The van der Waals surface area contributed by atoms with Crippen molar-refractivity contribution < 1.29 is 9.90 Å². The van der Waals surface area contributed by atoms with Crippen molar-refractivity contribution in [2.75, 3.05) is 20.1 Å². The lowest BCUT2D eigenvalue weighted by Gasteiger charge is -2.35. The van der Waals surface area contributed by atoms with Crippen LogP contribution in [0.4, 0.5) is 0 Å². The third-order valence-electron chi connectivity index (χ3n) is 3.98. The largest absolute Gasteiger partial charge is 0.393 e. The highest BCUT2D eigenvalue weighted by molar-refractivity contribution is 5.81. The molecule has 4 nitrogen and oxygen atoms in total. The third-order valence-corrected chi connectivity index (χ3v) is 3.98. The first-order chi connectivity index (χ1) is 8.16. The summed E-state index contributed by atoms with van der Waals surface area (Å²) in [5.41, 5.74) is 0. The van der Waals surface area contributed by atoms with Gasteiger partial charge < -0.3 is 15.3 Å². The molecular weight excluding hydrogens is 216 g/mol. The molecular formula is C13H24N2O2. The Morgan fingerprint density at radius 2 is 2.12 bits per heavy atom. The lowest BCUT2D eigenvalue weighted by molar-refractivity contribution is -0.133. The van der Waals surface area contributed by atoms with Gasteiger partial charge in [-0.1, -0.05) is 12.8 Å². The van der Waals surface area contributed by atoms with Crippen LogP contribution in [0.25, 0.3) is 0 Å². The molecule has 2 aliphatic rings. The van der Waals surface area contributed by atoms with Crippen molar-refractivity contribution in [1.82, 2.24) is 10.2 Å². The van der Waals surface area contributed by atoms with Crippen molar-refractivity contribution in [2.24, 2.45) is 5.92 Å². The molecule has 2 rings (SSSR count). The van der Waals surface area contributed by atoms with Crippen molar-refractivity contribution in [1.29, 1.82) is 0 Å². The summed E-state index contributed by atoms with van der Waals surface area (Å²) < 4.78 is 0. The van der Waals surface area contributed by atoms with E-state index in [1.807, 2.05) is 11.9 Å². The molecule has 0 bridgehead atoms. The van der Waals surface area contributed by atoms with Gasteiger partial charge in [-0.15, -0.1) is 0 Å². The van der Waals surface area contributed by atoms with Crippen molar-refractivity contribution in [3.8, 4) is 0 Å². The number of nitrogens with zero attached hydrogens (tertiary/aromatic N) is 1. The number of likely N-dealkylation sites (N-methyl/N-ethyl adjacent to an activating group) is 1. The Morgan fingerprint density at radius 1 is 1.35 bits per heavy atom. The predicted octanol–water partition coefficient (Wildman–Crippen LogP) is 0.748. The molecule has 1 unspecified atom stereocenters. The third kappa shape index (κ3) is 3.42. The van der Waals surface area contributed by atoms with E-state index in [1.165, 1.54) is 12.8 Å². The van der Waals surface area contributed by atoms with Gasteiger partial charge in [-0.25, -0.2) is 0 Å². The maximum atomic E-state index is 12.2. The molecule has 4 heteroatoms.